The summed E-state index contributed by atoms with van der Waals surface area (Å²) in [5.41, 5.74) is 3.95. The number of amides is 1. The molecule has 3 aromatic heterocycles. The molecule has 8 heteroatoms. The minimum Gasteiger partial charge on any atom is -0.339 e. The van der Waals surface area contributed by atoms with Crippen LogP contribution in [0.3, 0.4) is 0 Å². The number of carbonyl (C=O) groups excluding carboxylic acids is 1. The Hall–Kier alpha value is -3.55. The molecule has 1 N–H and O–H groups in total. The third kappa shape index (κ3) is 5.19. The summed E-state index contributed by atoms with van der Waals surface area (Å²) in [5.74, 6) is 1.84. The van der Waals surface area contributed by atoms with Crippen molar-refractivity contribution in [3.05, 3.63) is 65.5 Å². The monoisotopic (exact) mass is 431 g/mol. The predicted molar refractivity (Wildman–Crippen MR) is 124 cm³/mol. The molecule has 0 aliphatic carbocycles. The number of nitrogens with one attached hydrogen (secondary N) is 1. The smallest absolute Gasteiger partial charge is 0.246 e. The van der Waals surface area contributed by atoms with Crippen molar-refractivity contribution in [3.63, 3.8) is 0 Å². The zero-order valence-corrected chi connectivity index (χ0v) is 18.8. The first-order valence-corrected chi connectivity index (χ1v) is 11.0. The van der Waals surface area contributed by atoms with E-state index in [-0.39, 0.29) is 5.91 Å². The van der Waals surface area contributed by atoms with Crippen LogP contribution in [0.5, 0.6) is 0 Å². The van der Waals surface area contributed by atoms with Gasteiger partial charge in [0.2, 0.25) is 5.91 Å². The van der Waals surface area contributed by atoms with Crippen LogP contribution in [0.4, 0.5) is 11.6 Å². The molecule has 32 heavy (non-hydrogen) atoms. The number of pyridine rings is 1. The summed E-state index contributed by atoms with van der Waals surface area (Å²) in [6.45, 7) is 5.51. The first-order valence-electron chi connectivity index (χ1n) is 11.0. The highest BCUT2D eigenvalue weighted by molar-refractivity contribution is 5.92. The summed E-state index contributed by atoms with van der Waals surface area (Å²) in [6, 6.07) is 5.67. The first-order chi connectivity index (χ1) is 15.5. The Bertz CT molecular complexity index is 1090. The molecule has 0 radical (unpaired) electrons. The van der Waals surface area contributed by atoms with Gasteiger partial charge in [0.15, 0.2) is 0 Å². The van der Waals surface area contributed by atoms with Gasteiger partial charge in [0.1, 0.15) is 11.6 Å². The van der Waals surface area contributed by atoms with E-state index in [9.17, 15) is 4.79 Å². The number of hydrogen-bond acceptors (Lipinski definition) is 6. The molecular formula is C24H29N7O. The maximum Gasteiger partial charge on any atom is 0.246 e. The van der Waals surface area contributed by atoms with Crippen molar-refractivity contribution in [1.29, 1.82) is 0 Å². The number of piperidine rings is 1. The second-order valence-corrected chi connectivity index (χ2v) is 8.27. The van der Waals surface area contributed by atoms with Gasteiger partial charge in [-0.3, -0.25) is 14.5 Å². The highest BCUT2D eigenvalue weighted by atomic mass is 16.2. The zero-order valence-electron chi connectivity index (χ0n) is 18.8. The Morgan fingerprint density at radius 2 is 2.06 bits per heavy atom. The second-order valence-electron chi connectivity index (χ2n) is 8.27. The largest absolute Gasteiger partial charge is 0.339 e. The third-order valence-electron chi connectivity index (χ3n) is 5.91. The summed E-state index contributed by atoms with van der Waals surface area (Å²) in [4.78, 5) is 28.0. The van der Waals surface area contributed by atoms with Crippen molar-refractivity contribution < 1.29 is 4.79 Å². The van der Waals surface area contributed by atoms with E-state index in [1.807, 2.05) is 54.8 Å². The molecule has 0 spiro atoms. The SMILES string of the molecule is Cc1nn(C)c(C)c1/C=C/C(=O)N1CCC[C@@H](Cc2cnc(Nc3ccccn3)cn2)C1. The van der Waals surface area contributed by atoms with Crippen LogP contribution in [0.1, 0.15) is 35.5 Å². The van der Waals surface area contributed by atoms with Gasteiger partial charge in [-0.2, -0.15) is 5.10 Å². The predicted octanol–water partition coefficient (Wildman–Crippen LogP) is 3.46. The molecule has 4 rings (SSSR count). The van der Waals surface area contributed by atoms with Gasteiger partial charge in [-0.25, -0.2) is 9.97 Å². The van der Waals surface area contributed by atoms with Crippen molar-refractivity contribution in [1.82, 2.24) is 29.6 Å². The fourth-order valence-electron chi connectivity index (χ4n) is 4.11. The number of anilines is 2. The minimum atomic E-state index is 0.0540. The number of nitrogens with zero attached hydrogens (tertiary/aromatic N) is 6. The standard InChI is InChI=1S/C24H29N7O/c1-17-21(18(2)30(3)29-17)9-10-24(32)31-12-6-7-19(16-31)13-20-14-27-23(15-26-20)28-22-8-4-5-11-25-22/h4-5,8-11,14-15,19H,6-7,12-13,16H2,1-3H3,(H,25,27,28)/b10-9+/t19-/m0/s1. The normalized spacial score (nSPS) is 16.5. The lowest BCUT2D eigenvalue weighted by atomic mass is 9.93. The molecule has 1 aliphatic rings. The van der Waals surface area contributed by atoms with E-state index in [1.165, 1.54) is 0 Å². The third-order valence-corrected chi connectivity index (χ3v) is 5.91. The van der Waals surface area contributed by atoms with E-state index < -0.39 is 0 Å². The maximum absolute atomic E-state index is 12.8. The Balaban J connectivity index is 1.33. The van der Waals surface area contributed by atoms with Gasteiger partial charge in [-0.05, 0) is 57.2 Å². The fourth-order valence-corrected chi connectivity index (χ4v) is 4.11. The molecule has 1 saturated heterocycles. The number of hydrogen-bond donors (Lipinski definition) is 1. The van der Waals surface area contributed by atoms with Crippen molar-refractivity contribution >= 4 is 23.6 Å². The van der Waals surface area contributed by atoms with E-state index in [2.05, 4.69) is 25.4 Å². The van der Waals surface area contributed by atoms with Crippen LogP contribution >= 0.6 is 0 Å². The van der Waals surface area contributed by atoms with Crippen LogP contribution in [-0.2, 0) is 18.3 Å². The number of aryl methyl sites for hydroxylation is 2. The van der Waals surface area contributed by atoms with Gasteiger partial charge in [0.25, 0.3) is 0 Å². The molecule has 4 heterocycles. The highest BCUT2D eigenvalue weighted by Gasteiger charge is 2.23. The Labute approximate surface area is 188 Å². The van der Waals surface area contributed by atoms with E-state index in [0.717, 1.165) is 60.8 Å². The number of rotatable bonds is 6. The fraction of sp³-hybridized carbons (Fsp3) is 0.375. The van der Waals surface area contributed by atoms with Gasteiger partial charge in [0.05, 0.1) is 23.8 Å². The van der Waals surface area contributed by atoms with E-state index >= 15 is 0 Å². The molecule has 1 aliphatic heterocycles. The lowest BCUT2D eigenvalue weighted by Crippen LogP contribution is -2.39. The summed E-state index contributed by atoms with van der Waals surface area (Å²) in [6.07, 6.45) is 11.7. The quantitative estimate of drug-likeness (QED) is 0.601. The first kappa shape index (κ1) is 21.7. The molecule has 0 aromatic carbocycles. The summed E-state index contributed by atoms with van der Waals surface area (Å²) >= 11 is 0. The molecule has 0 bridgehead atoms. The molecule has 1 fully saturated rings. The highest BCUT2D eigenvalue weighted by Crippen LogP contribution is 2.21. The molecule has 1 amide bonds. The van der Waals surface area contributed by atoms with Crippen LogP contribution in [0.2, 0.25) is 0 Å². The summed E-state index contributed by atoms with van der Waals surface area (Å²) in [7, 11) is 1.92. The Morgan fingerprint density at radius 1 is 1.19 bits per heavy atom. The van der Waals surface area contributed by atoms with Crippen LogP contribution in [-0.4, -0.2) is 48.6 Å². The van der Waals surface area contributed by atoms with E-state index in [4.69, 9.17) is 0 Å². The second kappa shape index (κ2) is 9.72. The van der Waals surface area contributed by atoms with Gasteiger partial charge in [-0.1, -0.05) is 6.07 Å². The van der Waals surface area contributed by atoms with Crippen molar-refractivity contribution in [3.8, 4) is 0 Å². The maximum atomic E-state index is 12.8. The molecule has 166 valence electrons. The summed E-state index contributed by atoms with van der Waals surface area (Å²) in [5, 5.41) is 7.55. The van der Waals surface area contributed by atoms with E-state index in [0.29, 0.717) is 11.7 Å². The Kier molecular flexibility index (Phi) is 6.58. The molecule has 0 saturated carbocycles. The number of carbonyl (C=O) groups is 1. The average molecular weight is 432 g/mol. The molecule has 8 nitrogen and oxygen atoms in total. The van der Waals surface area contributed by atoms with Crippen molar-refractivity contribution in [2.75, 3.05) is 18.4 Å². The molecular weight excluding hydrogens is 402 g/mol. The lowest BCUT2D eigenvalue weighted by molar-refractivity contribution is -0.127. The van der Waals surface area contributed by atoms with Crippen LogP contribution < -0.4 is 5.32 Å². The summed E-state index contributed by atoms with van der Waals surface area (Å²) < 4.78 is 1.84. The van der Waals surface area contributed by atoms with Crippen molar-refractivity contribution in [2.24, 2.45) is 13.0 Å². The lowest BCUT2D eigenvalue weighted by Gasteiger charge is -2.32. The number of likely N-dealkylation sites (tertiary alicyclic amines) is 1. The van der Waals surface area contributed by atoms with Crippen LogP contribution in [0.15, 0.2) is 42.9 Å². The molecule has 0 unspecified atom stereocenters. The minimum absolute atomic E-state index is 0.0540. The zero-order chi connectivity index (χ0) is 22.5. The number of aromatic nitrogens is 5. The van der Waals surface area contributed by atoms with Crippen LogP contribution in [0, 0.1) is 19.8 Å². The topological polar surface area (TPSA) is 88.8 Å². The molecule has 1 atom stereocenters. The average Bonchev–Trinajstić information content (AvgIpc) is 3.05. The van der Waals surface area contributed by atoms with Crippen LogP contribution in [0.25, 0.3) is 6.08 Å². The van der Waals surface area contributed by atoms with Gasteiger partial charge in [-0.15, -0.1) is 0 Å². The van der Waals surface area contributed by atoms with Gasteiger partial charge >= 0.3 is 0 Å². The van der Waals surface area contributed by atoms with Gasteiger partial charge < -0.3 is 10.2 Å². The van der Waals surface area contributed by atoms with Crippen molar-refractivity contribution in [2.45, 2.75) is 33.1 Å². The van der Waals surface area contributed by atoms with E-state index in [1.54, 1.807) is 24.7 Å². The van der Waals surface area contributed by atoms with Gasteiger partial charge in [0, 0.05) is 43.7 Å². The Morgan fingerprint density at radius 3 is 2.75 bits per heavy atom. The molecule has 3 aromatic rings.